The number of furan rings is 2. The Bertz CT molecular complexity index is 4280. The van der Waals surface area contributed by atoms with Gasteiger partial charge in [0.2, 0.25) is 0 Å². The zero-order chi connectivity index (χ0) is 54.3. The van der Waals surface area contributed by atoms with E-state index in [0.29, 0.717) is 0 Å². The van der Waals surface area contributed by atoms with Crippen LogP contribution in [0.3, 0.4) is 0 Å². The fourth-order valence-electron chi connectivity index (χ4n) is 15.5. The van der Waals surface area contributed by atoms with Gasteiger partial charge in [-0.05, 0) is 199 Å². The van der Waals surface area contributed by atoms with Gasteiger partial charge in [-0.15, -0.1) is 11.3 Å². The molecule has 0 fully saturated rings. The van der Waals surface area contributed by atoms with Gasteiger partial charge in [0, 0.05) is 59.0 Å². The van der Waals surface area contributed by atoms with E-state index in [-0.39, 0.29) is 44.8 Å². The van der Waals surface area contributed by atoms with Crippen molar-refractivity contribution in [1.82, 2.24) is 0 Å². The molecule has 0 spiro atoms. The molecule has 10 aromatic rings. The first-order valence-corrected chi connectivity index (χ1v) is 30.0. The maximum atomic E-state index is 7.84. The zero-order valence-electron chi connectivity index (χ0n) is 48.8. The minimum absolute atomic E-state index is 0.00446. The van der Waals surface area contributed by atoms with Crippen LogP contribution in [-0.4, -0.2) is 6.85 Å². The van der Waals surface area contributed by atoms with Gasteiger partial charge in [-0.25, -0.2) is 0 Å². The normalized spacial score (nSPS) is 20.0. The summed E-state index contributed by atoms with van der Waals surface area (Å²) in [4.78, 5) is 5.28. The number of hydrogen-bond donors (Lipinski definition) is 0. The van der Waals surface area contributed by atoms with Crippen LogP contribution in [0.1, 0.15) is 181 Å². The Hall–Kier alpha value is -6.24. The molecular formula is C72H75BN2O2S. The molecule has 78 heavy (non-hydrogen) atoms. The number of fused-ring (bicyclic) bond motifs is 16. The molecule has 7 aromatic carbocycles. The van der Waals surface area contributed by atoms with E-state index >= 15 is 0 Å². The summed E-state index contributed by atoms with van der Waals surface area (Å²) in [6, 6.07) is 43.5. The summed E-state index contributed by atoms with van der Waals surface area (Å²) < 4.78 is 17.9. The highest BCUT2D eigenvalue weighted by molar-refractivity contribution is 7.26. The highest BCUT2D eigenvalue weighted by Crippen LogP contribution is 2.58. The van der Waals surface area contributed by atoms with Crippen molar-refractivity contribution in [2.75, 3.05) is 9.71 Å². The molecule has 0 unspecified atom stereocenters. The Morgan fingerprint density at radius 3 is 1.62 bits per heavy atom. The van der Waals surface area contributed by atoms with Crippen molar-refractivity contribution in [2.45, 2.75) is 180 Å². The summed E-state index contributed by atoms with van der Waals surface area (Å²) in [5, 5.41) is 6.13. The van der Waals surface area contributed by atoms with Crippen LogP contribution in [0.15, 0.2) is 118 Å². The third kappa shape index (κ3) is 6.65. The van der Waals surface area contributed by atoms with Crippen molar-refractivity contribution in [1.29, 1.82) is 0 Å². The van der Waals surface area contributed by atoms with Crippen molar-refractivity contribution < 1.29 is 8.83 Å². The Balaban J connectivity index is 1.12. The van der Waals surface area contributed by atoms with Gasteiger partial charge in [0.25, 0.3) is 0 Å². The van der Waals surface area contributed by atoms with E-state index in [4.69, 9.17) is 8.83 Å². The van der Waals surface area contributed by atoms with Crippen LogP contribution < -0.4 is 20.8 Å². The molecule has 15 rings (SSSR count). The van der Waals surface area contributed by atoms with Crippen molar-refractivity contribution in [3.8, 4) is 11.1 Å². The predicted molar refractivity (Wildman–Crippen MR) is 335 cm³/mol. The number of para-hydroxylation sites is 1. The lowest BCUT2D eigenvalue weighted by Crippen LogP contribution is -2.61. The summed E-state index contributed by atoms with van der Waals surface area (Å²) in [6.45, 7) is 36.0. The van der Waals surface area contributed by atoms with Crippen LogP contribution in [0.2, 0.25) is 0 Å². The first kappa shape index (κ1) is 48.9. The Kier molecular flexibility index (Phi) is 9.62. The average molecular weight is 1040 g/mol. The largest absolute Gasteiger partial charge is 0.466 e. The van der Waals surface area contributed by atoms with Crippen molar-refractivity contribution in [3.05, 3.63) is 148 Å². The molecule has 0 N–H and O–H groups in total. The molecule has 3 aromatic heterocycles. The smallest absolute Gasteiger partial charge is 0.376 e. The molecule has 5 heterocycles. The first-order chi connectivity index (χ1) is 36.7. The third-order valence-electron chi connectivity index (χ3n) is 20.8. The van der Waals surface area contributed by atoms with E-state index < -0.39 is 0 Å². The second-order valence-electron chi connectivity index (χ2n) is 29.7. The van der Waals surface area contributed by atoms with Crippen LogP contribution in [0.25, 0.3) is 64.2 Å². The van der Waals surface area contributed by atoms with Crippen LogP contribution >= 0.6 is 11.3 Å². The molecule has 0 atom stereocenters. The summed E-state index contributed by atoms with van der Waals surface area (Å²) >= 11 is 1.96. The van der Waals surface area contributed by atoms with Crippen molar-refractivity contribution in [3.63, 3.8) is 0 Å². The molecule has 0 amide bonds. The molecule has 0 saturated carbocycles. The monoisotopic (exact) mass is 1040 g/mol. The second-order valence-corrected chi connectivity index (χ2v) is 30.8. The zero-order valence-corrected chi connectivity index (χ0v) is 49.6. The minimum atomic E-state index is -0.328. The molecule has 4 nitrogen and oxygen atoms in total. The van der Waals surface area contributed by atoms with E-state index in [1.807, 2.05) is 11.3 Å². The second kappa shape index (κ2) is 15.4. The van der Waals surface area contributed by atoms with Crippen LogP contribution in [0.5, 0.6) is 0 Å². The molecule has 6 heteroatoms. The van der Waals surface area contributed by atoms with E-state index in [1.54, 1.807) is 0 Å². The van der Waals surface area contributed by atoms with E-state index in [2.05, 4.69) is 223 Å². The van der Waals surface area contributed by atoms with E-state index in [9.17, 15) is 0 Å². The van der Waals surface area contributed by atoms with Gasteiger partial charge in [-0.1, -0.05) is 140 Å². The molecule has 0 bridgehead atoms. The van der Waals surface area contributed by atoms with Crippen LogP contribution in [-0.2, 0) is 37.9 Å². The van der Waals surface area contributed by atoms with Crippen molar-refractivity contribution >= 4 is 111 Å². The topological polar surface area (TPSA) is 32.8 Å². The number of rotatable bonds is 2. The van der Waals surface area contributed by atoms with E-state index in [0.717, 1.165) is 87.0 Å². The summed E-state index contributed by atoms with van der Waals surface area (Å²) in [7, 11) is 0. The average Bonchev–Trinajstić information content (AvgIpc) is 3.91. The highest BCUT2D eigenvalue weighted by atomic mass is 32.1. The number of nitrogens with zero attached hydrogens (tertiary/aromatic N) is 2. The molecule has 0 saturated heterocycles. The van der Waals surface area contributed by atoms with Gasteiger partial charge in [0.05, 0.1) is 11.4 Å². The molecular weight excluding hydrogens is 968 g/mol. The predicted octanol–water partition coefficient (Wildman–Crippen LogP) is 19.8. The third-order valence-corrected chi connectivity index (χ3v) is 21.9. The SMILES string of the molecule is CC(C)(C)c1ccc(N2B3c4oc5cc6c(cc5c4N(c4ccc5c(c4)C(C)(C)CCC5(C)C)c4c3c(cc3c4oc4ccccc43)-c3cc4c(cc32)sc2cc3c(cc24)C(C)(C)CCC3(C)C)C(C)(C)CCC6(C)C)cc1. The van der Waals surface area contributed by atoms with Gasteiger partial charge in [-0.2, -0.15) is 0 Å². The maximum Gasteiger partial charge on any atom is 0.376 e. The molecule has 2 aliphatic heterocycles. The molecule has 0 radical (unpaired) electrons. The summed E-state index contributed by atoms with van der Waals surface area (Å²) in [6.07, 6.45) is 6.93. The van der Waals surface area contributed by atoms with E-state index in [1.165, 1.54) is 94.2 Å². The summed E-state index contributed by atoms with van der Waals surface area (Å²) in [5.74, 6) is 0. The quantitative estimate of drug-likeness (QED) is 0.162. The number of anilines is 5. The number of thiophene rings is 1. The standard InChI is InChI=1S/C72H75BN2O2S/c1-66(2,3)40-20-22-41(23-21-40)75-56-39-60-45(46-35-52-55(38-59(46)78-60)72(14,15)31-29-69(52,8)9)33-44(56)47-34-48-43-18-16-17-19-57(43)76-64(48)63-61(47)73(75)65-62(49-36-53-54(37-58(49)77-65)71(12,13)30-28-70(53,10)11)74(63)42-24-25-50-51(32-42)68(6,7)27-26-67(50,4)5/h16-25,32-39H,26-31H2,1-15H3. The lowest BCUT2D eigenvalue weighted by Gasteiger charge is -2.45. The van der Waals surface area contributed by atoms with Crippen LogP contribution in [0, 0.1) is 0 Å². The number of benzene rings is 7. The fourth-order valence-corrected chi connectivity index (χ4v) is 16.6. The fraction of sp³-hybridized carbons (Fsp3) is 0.389. The Morgan fingerprint density at radius 1 is 0.449 bits per heavy atom. The molecule has 5 aliphatic rings. The highest BCUT2D eigenvalue weighted by Gasteiger charge is 2.52. The van der Waals surface area contributed by atoms with Crippen LogP contribution in [0.4, 0.5) is 28.4 Å². The maximum absolute atomic E-state index is 7.84. The van der Waals surface area contributed by atoms with Gasteiger partial charge >= 0.3 is 6.85 Å². The Morgan fingerprint density at radius 2 is 0.974 bits per heavy atom. The minimum Gasteiger partial charge on any atom is -0.466 e. The Labute approximate surface area is 466 Å². The molecule has 394 valence electrons. The first-order valence-electron chi connectivity index (χ1n) is 29.2. The van der Waals surface area contributed by atoms with Gasteiger partial charge in [0.15, 0.2) is 5.58 Å². The van der Waals surface area contributed by atoms with Gasteiger partial charge < -0.3 is 18.5 Å². The molecule has 3 aliphatic carbocycles. The van der Waals surface area contributed by atoms with Gasteiger partial charge in [-0.3, -0.25) is 0 Å². The van der Waals surface area contributed by atoms with Crippen molar-refractivity contribution in [2.24, 2.45) is 0 Å². The lowest BCUT2D eigenvalue weighted by molar-refractivity contribution is 0.332. The number of hydrogen-bond acceptors (Lipinski definition) is 5. The summed E-state index contributed by atoms with van der Waals surface area (Å²) in [5.41, 5.74) is 23.5. The lowest BCUT2D eigenvalue weighted by atomic mass is 9.45. The van der Waals surface area contributed by atoms with Gasteiger partial charge in [0.1, 0.15) is 16.8 Å².